The number of anilines is 1. The molecule has 0 aliphatic heterocycles. The molecule has 0 bridgehead atoms. The number of hydrogen-bond acceptors (Lipinski definition) is 7. The van der Waals surface area contributed by atoms with E-state index in [1.807, 2.05) is 0 Å². The van der Waals surface area contributed by atoms with Crippen LogP contribution in [0.3, 0.4) is 0 Å². The summed E-state index contributed by atoms with van der Waals surface area (Å²) in [6, 6.07) is 12.7. The first-order valence-electron chi connectivity index (χ1n) is 11.5. The Morgan fingerprint density at radius 2 is 1.76 bits per heavy atom. The van der Waals surface area contributed by atoms with Gasteiger partial charge in [0.2, 0.25) is 0 Å². The lowest BCUT2D eigenvalue weighted by Crippen LogP contribution is -2.30. The van der Waals surface area contributed by atoms with Crippen molar-refractivity contribution >= 4 is 44.4 Å². The van der Waals surface area contributed by atoms with Crippen molar-refractivity contribution < 1.29 is 31.1 Å². The minimum absolute atomic E-state index is 0.0682. The van der Waals surface area contributed by atoms with E-state index in [4.69, 9.17) is 34.8 Å². The van der Waals surface area contributed by atoms with Gasteiger partial charge in [-0.25, -0.2) is 23.6 Å². The minimum atomic E-state index is -4.84. The predicted octanol–water partition coefficient (Wildman–Crippen LogP) is 5.54. The quantitative estimate of drug-likeness (QED) is 0.139. The molecule has 0 unspecified atom stereocenters. The molecule has 0 atom stereocenters. The number of aromatic nitrogens is 2. The summed E-state index contributed by atoms with van der Waals surface area (Å²) in [5.74, 6) is 5.39. The van der Waals surface area contributed by atoms with E-state index in [9.17, 15) is 31.1 Å². The van der Waals surface area contributed by atoms with E-state index >= 15 is 0 Å². The molecule has 0 saturated carbocycles. The predicted molar refractivity (Wildman–Crippen MR) is 148 cm³/mol. The monoisotopic (exact) mass is 629 g/mol. The zero-order valence-electron chi connectivity index (χ0n) is 21.0. The summed E-state index contributed by atoms with van der Waals surface area (Å²) < 4.78 is 81.0. The largest absolute Gasteiger partial charge is 0.436 e. The highest BCUT2D eigenvalue weighted by Crippen LogP contribution is 2.38. The van der Waals surface area contributed by atoms with Gasteiger partial charge in [-0.15, -0.1) is 0 Å². The van der Waals surface area contributed by atoms with E-state index in [1.54, 1.807) is 24.3 Å². The Balaban J connectivity index is 1.99. The second-order valence-electron chi connectivity index (χ2n) is 8.75. The number of aliphatic hydroxyl groups excluding tert-OH is 1. The lowest BCUT2D eigenvalue weighted by Gasteiger charge is -2.25. The topological polar surface area (TPSA) is 127 Å². The zero-order chi connectivity index (χ0) is 30.3. The van der Waals surface area contributed by atoms with Gasteiger partial charge in [-0.3, -0.25) is 9.58 Å². The second-order valence-corrected chi connectivity index (χ2v) is 11.5. The van der Waals surface area contributed by atoms with Crippen molar-refractivity contribution in [2.45, 2.75) is 17.7 Å². The Morgan fingerprint density at radius 1 is 1.10 bits per heavy atom. The van der Waals surface area contributed by atoms with Crippen molar-refractivity contribution in [3.05, 3.63) is 99.9 Å². The van der Waals surface area contributed by atoms with Crippen LogP contribution < -0.4 is 16.6 Å². The first kappa shape index (κ1) is 30.3. The summed E-state index contributed by atoms with van der Waals surface area (Å²) in [6.45, 7) is -0.858. The molecular formula is C26H21Cl2F4N5O3S. The van der Waals surface area contributed by atoms with Crippen LogP contribution in [0.4, 0.5) is 23.2 Å². The number of imidazole rings is 1. The number of nitrogens with zero attached hydrogens (tertiary/aromatic N) is 3. The highest BCUT2D eigenvalue weighted by Gasteiger charge is 2.37. The van der Waals surface area contributed by atoms with Crippen LogP contribution in [0, 0.1) is 5.82 Å². The smallest absolute Gasteiger partial charge is 0.403 e. The number of halogens is 6. The summed E-state index contributed by atoms with van der Waals surface area (Å²) in [6.07, 6.45) is -2.00. The van der Waals surface area contributed by atoms with Crippen LogP contribution in [0.15, 0.2) is 72.0 Å². The van der Waals surface area contributed by atoms with Crippen LogP contribution >= 0.6 is 23.2 Å². The first-order valence-corrected chi connectivity index (χ1v) is 14.1. The SMILES string of the molecule is CS(=O)(=O)c1cc(-c2ccc(-n3cnc(C(F)(F)F)c3Cl)c(/C(=C/N)N(N)c3ccc(Cl)cc3)c2)cc(F)c1CO. The number of sulfone groups is 1. The zero-order valence-corrected chi connectivity index (χ0v) is 23.3. The molecule has 0 fully saturated rings. The van der Waals surface area contributed by atoms with Gasteiger partial charge in [0.05, 0.1) is 28.6 Å². The summed E-state index contributed by atoms with van der Waals surface area (Å²) >= 11 is 12.1. The van der Waals surface area contributed by atoms with Gasteiger partial charge in [-0.1, -0.05) is 29.3 Å². The maximum Gasteiger partial charge on any atom is 0.436 e. The van der Waals surface area contributed by atoms with Gasteiger partial charge in [0.25, 0.3) is 0 Å². The average Bonchev–Trinajstić information content (AvgIpc) is 3.30. The lowest BCUT2D eigenvalue weighted by atomic mass is 9.98. The maximum atomic E-state index is 14.9. The van der Waals surface area contributed by atoms with Crippen molar-refractivity contribution in [3.8, 4) is 16.8 Å². The van der Waals surface area contributed by atoms with Crippen LogP contribution in [-0.2, 0) is 22.6 Å². The minimum Gasteiger partial charge on any atom is -0.403 e. The molecule has 0 radical (unpaired) electrons. The molecular weight excluding hydrogens is 609 g/mol. The van der Waals surface area contributed by atoms with E-state index in [-0.39, 0.29) is 28.1 Å². The fourth-order valence-corrected chi connectivity index (χ4v) is 5.49. The van der Waals surface area contributed by atoms with Gasteiger partial charge in [0.1, 0.15) is 17.3 Å². The fourth-order valence-electron chi connectivity index (χ4n) is 4.13. The van der Waals surface area contributed by atoms with Crippen LogP contribution in [0.25, 0.3) is 22.5 Å². The van der Waals surface area contributed by atoms with Gasteiger partial charge >= 0.3 is 6.18 Å². The average molecular weight is 630 g/mol. The van der Waals surface area contributed by atoms with Gasteiger partial charge < -0.3 is 10.8 Å². The van der Waals surface area contributed by atoms with Gasteiger partial charge in [-0.2, -0.15) is 13.2 Å². The molecule has 3 aromatic carbocycles. The van der Waals surface area contributed by atoms with Crippen molar-refractivity contribution in [2.75, 3.05) is 11.3 Å². The number of nitrogens with two attached hydrogens (primary N) is 2. The van der Waals surface area contributed by atoms with E-state index in [2.05, 4.69) is 4.98 Å². The van der Waals surface area contributed by atoms with E-state index < -0.39 is 49.7 Å². The molecule has 0 amide bonds. The van der Waals surface area contributed by atoms with E-state index in [0.29, 0.717) is 10.7 Å². The first-order chi connectivity index (χ1) is 19.2. The van der Waals surface area contributed by atoms with Crippen molar-refractivity contribution in [1.82, 2.24) is 9.55 Å². The third kappa shape index (κ3) is 6.04. The molecule has 8 nitrogen and oxygen atoms in total. The van der Waals surface area contributed by atoms with Crippen molar-refractivity contribution in [3.63, 3.8) is 0 Å². The molecule has 15 heteroatoms. The molecule has 0 aliphatic carbocycles. The number of rotatable bonds is 7. The molecule has 4 rings (SSSR count). The summed E-state index contributed by atoms with van der Waals surface area (Å²) in [5.41, 5.74) is 5.23. The Morgan fingerprint density at radius 3 is 2.29 bits per heavy atom. The molecule has 4 aromatic rings. The molecule has 1 heterocycles. The Bertz CT molecular complexity index is 1760. The summed E-state index contributed by atoms with van der Waals surface area (Å²) in [5, 5.41) is 10.4. The third-order valence-corrected chi connectivity index (χ3v) is 7.85. The van der Waals surface area contributed by atoms with Gasteiger partial charge in [-0.05, 0) is 59.7 Å². The van der Waals surface area contributed by atoms with Crippen molar-refractivity contribution in [1.29, 1.82) is 0 Å². The molecule has 216 valence electrons. The third-order valence-electron chi connectivity index (χ3n) is 6.08. The Labute approximate surface area is 241 Å². The fraction of sp³-hybridized carbons (Fsp3) is 0.115. The second kappa shape index (κ2) is 11.3. The lowest BCUT2D eigenvalue weighted by molar-refractivity contribution is -0.140. The van der Waals surface area contributed by atoms with E-state index in [0.717, 1.165) is 34.4 Å². The van der Waals surface area contributed by atoms with Crippen LogP contribution in [0.5, 0.6) is 0 Å². The highest BCUT2D eigenvalue weighted by molar-refractivity contribution is 7.90. The standard InChI is InChI=1S/C26H21Cl2F4N5O3S/c1-41(39,40)23-10-15(9-20(29)19(23)12-38)14-2-7-21(36-13-35-24(25(36)28)26(30,31)32)18(8-14)22(11-33)37(34)17-5-3-16(27)4-6-17/h2-11,13,38H,12,33-34H2,1H3/b22-11-. The van der Waals surface area contributed by atoms with Crippen molar-refractivity contribution in [2.24, 2.45) is 11.6 Å². The van der Waals surface area contributed by atoms with Gasteiger partial charge in [0.15, 0.2) is 15.5 Å². The molecule has 0 saturated heterocycles. The Kier molecular flexibility index (Phi) is 8.39. The number of hydrazine groups is 1. The molecule has 0 aliphatic rings. The Hall–Kier alpha value is -3.62. The van der Waals surface area contributed by atoms with Gasteiger partial charge in [0, 0.05) is 28.6 Å². The van der Waals surface area contributed by atoms with Crippen LogP contribution in [0.2, 0.25) is 10.2 Å². The molecule has 1 aromatic heterocycles. The summed E-state index contributed by atoms with van der Waals surface area (Å²) in [4.78, 5) is 2.98. The number of benzene rings is 3. The van der Waals surface area contributed by atoms with E-state index in [1.165, 1.54) is 24.3 Å². The molecule has 41 heavy (non-hydrogen) atoms. The number of alkyl halides is 3. The normalized spacial score (nSPS) is 12.6. The maximum absolute atomic E-state index is 14.9. The van der Waals surface area contributed by atoms with Crippen LogP contribution in [0.1, 0.15) is 16.8 Å². The number of hydrogen-bond donors (Lipinski definition) is 3. The highest BCUT2D eigenvalue weighted by atomic mass is 35.5. The number of aliphatic hydroxyl groups is 1. The van der Waals surface area contributed by atoms with Crippen LogP contribution in [-0.4, -0.2) is 29.3 Å². The molecule has 5 N–H and O–H groups in total. The summed E-state index contributed by atoms with van der Waals surface area (Å²) in [7, 11) is -3.96. The molecule has 0 spiro atoms.